The maximum Gasteiger partial charge on any atom is 0.191 e. The van der Waals surface area contributed by atoms with E-state index in [1.807, 2.05) is 30.3 Å². The lowest BCUT2D eigenvalue weighted by Gasteiger charge is -2.13. The van der Waals surface area contributed by atoms with Crippen LogP contribution in [0.15, 0.2) is 47.5 Å². The highest BCUT2D eigenvalue weighted by Gasteiger charge is 2.05. The van der Waals surface area contributed by atoms with Gasteiger partial charge in [0.2, 0.25) is 0 Å². The first-order valence-corrected chi connectivity index (χ1v) is 8.59. The first kappa shape index (κ1) is 19.4. The third kappa shape index (κ3) is 5.88. The zero-order valence-corrected chi connectivity index (χ0v) is 15.6. The number of aromatic hydroxyl groups is 1. The van der Waals surface area contributed by atoms with Gasteiger partial charge in [-0.2, -0.15) is 0 Å². The zero-order valence-electron chi connectivity index (χ0n) is 15.6. The summed E-state index contributed by atoms with van der Waals surface area (Å²) in [7, 11) is 5.01. The maximum atomic E-state index is 9.30. The van der Waals surface area contributed by atoms with E-state index >= 15 is 0 Å². The molecule has 3 N–H and O–H groups in total. The van der Waals surface area contributed by atoms with E-state index in [1.54, 1.807) is 33.4 Å². The Morgan fingerprint density at radius 1 is 0.962 bits per heavy atom. The van der Waals surface area contributed by atoms with Crippen LogP contribution >= 0.6 is 0 Å². The number of hydrogen-bond donors (Lipinski definition) is 3. The van der Waals surface area contributed by atoms with Crippen LogP contribution in [-0.2, 0) is 13.0 Å². The van der Waals surface area contributed by atoms with Crippen LogP contribution in [0.5, 0.6) is 17.2 Å². The molecule has 0 unspecified atom stereocenters. The van der Waals surface area contributed by atoms with Gasteiger partial charge in [0.25, 0.3) is 0 Å². The molecule has 0 radical (unpaired) electrons. The summed E-state index contributed by atoms with van der Waals surface area (Å²) in [5.74, 6) is 2.48. The van der Waals surface area contributed by atoms with Crippen LogP contribution in [0.3, 0.4) is 0 Å². The molecular formula is C20H27N3O3. The van der Waals surface area contributed by atoms with Crippen molar-refractivity contribution in [2.45, 2.75) is 19.4 Å². The Bertz CT molecular complexity index is 715. The van der Waals surface area contributed by atoms with Crippen molar-refractivity contribution in [3.8, 4) is 17.2 Å². The van der Waals surface area contributed by atoms with Gasteiger partial charge in [0.05, 0.1) is 14.2 Å². The van der Waals surface area contributed by atoms with Gasteiger partial charge in [0.15, 0.2) is 17.5 Å². The third-order valence-electron chi connectivity index (χ3n) is 4.00. The summed E-state index contributed by atoms with van der Waals surface area (Å²) in [4.78, 5) is 4.24. The van der Waals surface area contributed by atoms with Crippen LogP contribution in [0.1, 0.15) is 17.5 Å². The van der Waals surface area contributed by atoms with E-state index in [2.05, 4.69) is 15.6 Å². The Kier molecular flexibility index (Phi) is 7.61. The fourth-order valence-electron chi connectivity index (χ4n) is 2.56. The molecule has 2 aromatic rings. The summed E-state index contributed by atoms with van der Waals surface area (Å²) in [6, 6.07) is 13.2. The van der Waals surface area contributed by atoms with Crippen molar-refractivity contribution in [2.75, 3.05) is 27.8 Å². The lowest BCUT2D eigenvalue weighted by atomic mass is 10.1. The largest absolute Gasteiger partial charge is 0.508 e. The molecule has 0 aliphatic heterocycles. The van der Waals surface area contributed by atoms with Crippen molar-refractivity contribution in [3.63, 3.8) is 0 Å². The lowest BCUT2D eigenvalue weighted by molar-refractivity contribution is 0.354. The molecule has 0 bridgehead atoms. The first-order valence-electron chi connectivity index (χ1n) is 8.59. The van der Waals surface area contributed by atoms with Crippen LogP contribution in [0.4, 0.5) is 0 Å². The van der Waals surface area contributed by atoms with E-state index in [-0.39, 0.29) is 0 Å². The summed E-state index contributed by atoms with van der Waals surface area (Å²) >= 11 is 0. The Morgan fingerprint density at radius 3 is 2.31 bits per heavy atom. The second-order valence-electron chi connectivity index (χ2n) is 5.81. The van der Waals surface area contributed by atoms with Crippen molar-refractivity contribution < 1.29 is 14.6 Å². The van der Waals surface area contributed by atoms with E-state index in [4.69, 9.17) is 9.47 Å². The normalized spacial score (nSPS) is 11.1. The summed E-state index contributed by atoms with van der Waals surface area (Å²) in [6.45, 7) is 1.45. The minimum Gasteiger partial charge on any atom is -0.508 e. The van der Waals surface area contributed by atoms with Gasteiger partial charge in [0.1, 0.15) is 5.75 Å². The maximum absolute atomic E-state index is 9.30. The second-order valence-corrected chi connectivity index (χ2v) is 5.81. The Morgan fingerprint density at radius 2 is 1.65 bits per heavy atom. The quantitative estimate of drug-likeness (QED) is 0.385. The number of aliphatic imine (C=N–C) groups is 1. The van der Waals surface area contributed by atoms with Crippen LogP contribution in [0, 0.1) is 0 Å². The molecule has 0 aromatic heterocycles. The van der Waals surface area contributed by atoms with E-state index in [0.717, 1.165) is 30.9 Å². The molecule has 0 aliphatic carbocycles. The topological polar surface area (TPSA) is 75.1 Å². The average molecular weight is 357 g/mol. The molecule has 140 valence electrons. The average Bonchev–Trinajstić information content (AvgIpc) is 2.68. The van der Waals surface area contributed by atoms with Crippen molar-refractivity contribution in [2.24, 2.45) is 4.99 Å². The summed E-state index contributed by atoms with van der Waals surface area (Å²) in [5.41, 5.74) is 2.28. The van der Waals surface area contributed by atoms with Gasteiger partial charge >= 0.3 is 0 Å². The minimum absolute atomic E-state index is 0.298. The van der Waals surface area contributed by atoms with Crippen molar-refractivity contribution in [3.05, 3.63) is 53.6 Å². The van der Waals surface area contributed by atoms with E-state index in [0.29, 0.717) is 23.8 Å². The number of hydrogen-bond acceptors (Lipinski definition) is 4. The smallest absolute Gasteiger partial charge is 0.191 e. The van der Waals surface area contributed by atoms with Gasteiger partial charge in [-0.3, -0.25) is 4.99 Å². The minimum atomic E-state index is 0.298. The van der Waals surface area contributed by atoms with Gasteiger partial charge in [-0.05, 0) is 48.2 Å². The number of nitrogens with zero attached hydrogens (tertiary/aromatic N) is 1. The fraction of sp³-hybridized carbons (Fsp3) is 0.350. The Balaban J connectivity index is 1.76. The third-order valence-corrected chi connectivity index (χ3v) is 4.00. The molecule has 2 aromatic carbocycles. The summed E-state index contributed by atoms with van der Waals surface area (Å²) in [6.07, 6.45) is 1.92. The van der Waals surface area contributed by atoms with Gasteiger partial charge in [-0.1, -0.05) is 18.2 Å². The highest BCUT2D eigenvalue weighted by molar-refractivity contribution is 5.79. The standard InChI is InChI=1S/C20H27N3O3/c1-21-20(22-12-4-5-15-6-9-17(24)10-7-15)23-14-16-8-11-18(25-2)19(13-16)26-3/h6-11,13,24H,4-5,12,14H2,1-3H3,(H2,21,22,23). The molecule has 6 nitrogen and oxygen atoms in total. The van der Waals surface area contributed by atoms with Crippen molar-refractivity contribution in [1.29, 1.82) is 0 Å². The van der Waals surface area contributed by atoms with Crippen LogP contribution in [0.2, 0.25) is 0 Å². The zero-order chi connectivity index (χ0) is 18.8. The van der Waals surface area contributed by atoms with Crippen molar-refractivity contribution >= 4 is 5.96 Å². The molecule has 0 atom stereocenters. The number of guanidine groups is 1. The lowest BCUT2D eigenvalue weighted by Crippen LogP contribution is -2.37. The molecule has 0 saturated heterocycles. The molecule has 0 fully saturated rings. The molecule has 6 heteroatoms. The first-order chi connectivity index (χ1) is 12.7. The van der Waals surface area contributed by atoms with Gasteiger partial charge < -0.3 is 25.2 Å². The van der Waals surface area contributed by atoms with E-state index < -0.39 is 0 Å². The molecule has 26 heavy (non-hydrogen) atoms. The van der Waals surface area contributed by atoms with Gasteiger partial charge in [-0.25, -0.2) is 0 Å². The molecule has 0 spiro atoms. The summed E-state index contributed by atoms with van der Waals surface area (Å²) in [5, 5.41) is 15.9. The number of benzene rings is 2. The molecule has 0 aliphatic rings. The SMILES string of the molecule is CN=C(NCCCc1ccc(O)cc1)NCc1ccc(OC)c(OC)c1. The highest BCUT2D eigenvalue weighted by atomic mass is 16.5. The number of rotatable bonds is 8. The number of nitrogens with one attached hydrogen (secondary N) is 2. The number of methoxy groups -OCH3 is 2. The number of aryl methyl sites for hydroxylation is 1. The van der Waals surface area contributed by atoms with E-state index in [9.17, 15) is 5.11 Å². The molecule has 2 rings (SSSR count). The van der Waals surface area contributed by atoms with Gasteiger partial charge in [0, 0.05) is 20.1 Å². The Hall–Kier alpha value is -2.89. The fourth-order valence-corrected chi connectivity index (χ4v) is 2.56. The highest BCUT2D eigenvalue weighted by Crippen LogP contribution is 2.27. The molecule has 0 saturated carbocycles. The van der Waals surface area contributed by atoms with Gasteiger partial charge in [-0.15, -0.1) is 0 Å². The monoisotopic (exact) mass is 357 g/mol. The predicted octanol–water partition coefficient (Wildman–Crippen LogP) is 2.71. The number of phenolic OH excluding ortho intramolecular Hbond substituents is 1. The number of ether oxygens (including phenoxy) is 2. The van der Waals surface area contributed by atoms with Crippen molar-refractivity contribution in [1.82, 2.24) is 10.6 Å². The van der Waals surface area contributed by atoms with E-state index in [1.165, 1.54) is 5.56 Å². The Labute approximate surface area is 154 Å². The molecule has 0 amide bonds. The predicted molar refractivity (Wildman–Crippen MR) is 104 cm³/mol. The van der Waals surface area contributed by atoms with Crippen LogP contribution in [-0.4, -0.2) is 38.9 Å². The molecule has 0 heterocycles. The molecular weight excluding hydrogens is 330 g/mol. The second kappa shape index (κ2) is 10.2. The van der Waals surface area contributed by atoms with Crippen LogP contribution < -0.4 is 20.1 Å². The van der Waals surface area contributed by atoms with Crippen LogP contribution in [0.25, 0.3) is 0 Å². The number of phenols is 1. The summed E-state index contributed by atoms with van der Waals surface area (Å²) < 4.78 is 10.6.